The summed E-state index contributed by atoms with van der Waals surface area (Å²) in [6.45, 7) is 4.09. The number of carbonyl (C=O) groups is 3. The van der Waals surface area contributed by atoms with Gasteiger partial charge in [-0.2, -0.15) is 5.10 Å². The van der Waals surface area contributed by atoms with E-state index < -0.39 is 0 Å². The molecule has 3 heterocycles. The fourth-order valence-electron chi connectivity index (χ4n) is 5.81. The van der Waals surface area contributed by atoms with Crippen molar-refractivity contribution in [2.45, 2.75) is 77.0 Å². The van der Waals surface area contributed by atoms with E-state index in [1.54, 1.807) is 4.68 Å². The van der Waals surface area contributed by atoms with Crippen molar-refractivity contribution in [3.8, 4) is 5.75 Å². The zero-order chi connectivity index (χ0) is 26.6. The van der Waals surface area contributed by atoms with Crippen molar-refractivity contribution in [2.24, 2.45) is 0 Å². The van der Waals surface area contributed by atoms with E-state index >= 15 is 0 Å². The van der Waals surface area contributed by atoms with Crippen LogP contribution in [0.4, 0.5) is 0 Å². The summed E-state index contributed by atoms with van der Waals surface area (Å²) in [7, 11) is 0. The third-order valence-corrected chi connectivity index (χ3v) is 8.17. The number of aromatic nitrogens is 2. The van der Waals surface area contributed by atoms with Crippen LogP contribution in [0.2, 0.25) is 5.02 Å². The Hall–Kier alpha value is -3.07. The number of rotatable bonds is 6. The first-order valence-electron chi connectivity index (χ1n) is 13.7. The molecule has 2 aliphatic heterocycles. The van der Waals surface area contributed by atoms with Gasteiger partial charge < -0.3 is 19.9 Å². The fourth-order valence-corrected chi connectivity index (χ4v) is 5.99. The summed E-state index contributed by atoms with van der Waals surface area (Å²) in [6, 6.07) is 7.56. The first-order valence-corrected chi connectivity index (χ1v) is 14.1. The molecule has 2 fully saturated rings. The number of hydrogen-bond acceptors (Lipinski definition) is 5. The molecule has 1 aromatic heterocycles. The summed E-state index contributed by atoms with van der Waals surface area (Å²) >= 11 is 6.23. The Bertz CT molecular complexity index is 1180. The van der Waals surface area contributed by atoms with E-state index in [0.29, 0.717) is 42.6 Å². The Morgan fingerprint density at radius 3 is 2.39 bits per heavy atom. The van der Waals surface area contributed by atoms with Crippen molar-refractivity contribution in [1.29, 1.82) is 0 Å². The summed E-state index contributed by atoms with van der Waals surface area (Å²) in [5, 5.41) is 8.27. The number of halogens is 1. The minimum Gasteiger partial charge on any atom is -0.489 e. The van der Waals surface area contributed by atoms with Crippen molar-refractivity contribution >= 4 is 29.3 Å². The summed E-state index contributed by atoms with van der Waals surface area (Å²) in [5.41, 5.74) is 2.53. The normalized spacial score (nSPS) is 18.7. The maximum atomic E-state index is 13.5. The summed E-state index contributed by atoms with van der Waals surface area (Å²) in [6.07, 6.45) is 6.70. The molecule has 10 heteroatoms. The molecular weight excluding hydrogens is 506 g/mol. The molecule has 2 saturated heterocycles. The molecule has 0 spiro atoms. The molecule has 1 N–H and O–H groups in total. The Morgan fingerprint density at radius 2 is 1.68 bits per heavy atom. The largest absolute Gasteiger partial charge is 0.489 e. The van der Waals surface area contributed by atoms with Gasteiger partial charge in [0.25, 0.3) is 5.91 Å². The zero-order valence-corrected chi connectivity index (χ0v) is 22.7. The van der Waals surface area contributed by atoms with Crippen molar-refractivity contribution in [2.75, 3.05) is 26.2 Å². The molecule has 2 aromatic rings. The lowest BCUT2D eigenvalue weighted by atomic mass is 9.95. The number of nitrogens with zero attached hydrogens (tertiary/aromatic N) is 4. The summed E-state index contributed by atoms with van der Waals surface area (Å²) < 4.78 is 7.85. The standard InChI is InChI=1S/C28H36ClN5O4/c1-19(35)30-20-10-14-33(15-11-20)28(37)27-22-6-2-4-8-24(22)34(31-27)18-26(36)32-16-12-21(13-17-32)38-25-9-5-3-7-23(25)29/h3,5,7,9,20-21H,2,4,6,8,10-18H2,1H3,(H,30,35). The number of likely N-dealkylation sites (tertiary alicyclic amines) is 2. The lowest BCUT2D eigenvalue weighted by molar-refractivity contribution is -0.133. The highest BCUT2D eigenvalue weighted by Gasteiger charge is 2.32. The highest BCUT2D eigenvalue weighted by atomic mass is 35.5. The second kappa shape index (κ2) is 11.8. The molecule has 0 bridgehead atoms. The molecule has 0 saturated carbocycles. The average molecular weight is 542 g/mol. The highest BCUT2D eigenvalue weighted by Crippen LogP contribution is 2.28. The van der Waals surface area contributed by atoms with E-state index in [1.807, 2.05) is 34.1 Å². The van der Waals surface area contributed by atoms with Crippen LogP contribution in [0.5, 0.6) is 5.75 Å². The van der Waals surface area contributed by atoms with E-state index in [9.17, 15) is 14.4 Å². The van der Waals surface area contributed by atoms with Crippen molar-refractivity contribution in [3.05, 3.63) is 46.2 Å². The van der Waals surface area contributed by atoms with Crippen molar-refractivity contribution < 1.29 is 19.1 Å². The zero-order valence-electron chi connectivity index (χ0n) is 22.0. The van der Waals surface area contributed by atoms with Gasteiger partial charge in [0.1, 0.15) is 18.4 Å². The molecular formula is C28H36ClN5O4. The fraction of sp³-hybridized carbons (Fsp3) is 0.571. The van der Waals surface area contributed by atoms with Crippen molar-refractivity contribution in [3.63, 3.8) is 0 Å². The van der Waals surface area contributed by atoms with Gasteiger partial charge in [-0.1, -0.05) is 23.7 Å². The Labute approximate surface area is 228 Å². The van der Waals surface area contributed by atoms with Crippen LogP contribution in [0, 0.1) is 0 Å². The predicted octanol–water partition coefficient (Wildman–Crippen LogP) is 3.23. The smallest absolute Gasteiger partial charge is 0.274 e. The van der Waals surface area contributed by atoms with E-state index in [4.69, 9.17) is 21.4 Å². The van der Waals surface area contributed by atoms with E-state index in [1.165, 1.54) is 6.92 Å². The molecule has 1 aliphatic carbocycles. The van der Waals surface area contributed by atoms with Gasteiger partial charge in [-0.3, -0.25) is 19.1 Å². The summed E-state index contributed by atoms with van der Waals surface area (Å²) in [5.74, 6) is 0.601. The van der Waals surface area contributed by atoms with E-state index in [2.05, 4.69) is 5.32 Å². The predicted molar refractivity (Wildman–Crippen MR) is 143 cm³/mol. The Kier molecular flexibility index (Phi) is 8.21. The number of fused-ring (bicyclic) bond motifs is 1. The van der Waals surface area contributed by atoms with Crippen LogP contribution in [-0.2, 0) is 29.0 Å². The van der Waals surface area contributed by atoms with Gasteiger partial charge in [-0.15, -0.1) is 0 Å². The van der Waals surface area contributed by atoms with Crippen LogP contribution in [0.25, 0.3) is 0 Å². The third kappa shape index (κ3) is 5.98. The van der Waals surface area contributed by atoms with Gasteiger partial charge in [-0.25, -0.2) is 0 Å². The topological polar surface area (TPSA) is 96.8 Å². The molecule has 38 heavy (non-hydrogen) atoms. The second-order valence-corrected chi connectivity index (χ2v) is 10.9. The van der Waals surface area contributed by atoms with E-state index in [0.717, 1.165) is 62.6 Å². The number of ether oxygens (including phenoxy) is 1. The monoisotopic (exact) mass is 541 g/mol. The molecule has 5 rings (SSSR count). The molecule has 1 aromatic carbocycles. The van der Waals surface area contributed by atoms with Crippen LogP contribution in [0.15, 0.2) is 24.3 Å². The molecule has 0 atom stereocenters. The van der Waals surface area contributed by atoms with Crippen LogP contribution in [0.3, 0.4) is 0 Å². The van der Waals surface area contributed by atoms with Crippen LogP contribution >= 0.6 is 11.6 Å². The summed E-state index contributed by atoms with van der Waals surface area (Å²) in [4.78, 5) is 41.8. The average Bonchev–Trinajstić information content (AvgIpc) is 3.28. The third-order valence-electron chi connectivity index (χ3n) is 7.86. The molecule has 9 nitrogen and oxygen atoms in total. The number of nitrogens with one attached hydrogen (secondary N) is 1. The maximum Gasteiger partial charge on any atom is 0.274 e. The highest BCUT2D eigenvalue weighted by molar-refractivity contribution is 6.32. The van der Waals surface area contributed by atoms with Gasteiger partial charge in [-0.05, 0) is 50.7 Å². The number of piperidine rings is 2. The molecule has 3 amide bonds. The maximum absolute atomic E-state index is 13.5. The molecule has 0 unspecified atom stereocenters. The number of carbonyl (C=O) groups excluding carboxylic acids is 3. The number of amides is 3. The second-order valence-electron chi connectivity index (χ2n) is 10.5. The number of hydrogen-bond donors (Lipinski definition) is 1. The Balaban J connectivity index is 1.20. The quantitative estimate of drug-likeness (QED) is 0.605. The molecule has 0 radical (unpaired) electrons. The number of para-hydroxylation sites is 1. The molecule has 3 aliphatic rings. The van der Waals surface area contributed by atoms with Crippen molar-refractivity contribution in [1.82, 2.24) is 24.9 Å². The van der Waals surface area contributed by atoms with E-state index in [-0.39, 0.29) is 36.4 Å². The number of benzene rings is 1. The minimum atomic E-state index is -0.0619. The van der Waals surface area contributed by atoms with Gasteiger partial charge in [0, 0.05) is 63.2 Å². The lowest BCUT2D eigenvalue weighted by Gasteiger charge is -2.32. The lowest BCUT2D eigenvalue weighted by Crippen LogP contribution is -2.46. The SMILES string of the molecule is CC(=O)NC1CCN(C(=O)c2nn(CC(=O)N3CCC(Oc4ccccc4Cl)CC3)c3c2CCCC3)CC1. The Morgan fingerprint density at radius 1 is 1.00 bits per heavy atom. The molecule has 204 valence electrons. The van der Waals surface area contributed by atoms with Crippen LogP contribution in [-0.4, -0.2) is 75.6 Å². The van der Waals surface area contributed by atoms with Gasteiger partial charge in [0.2, 0.25) is 11.8 Å². The first kappa shape index (κ1) is 26.5. The van der Waals surface area contributed by atoms with Gasteiger partial charge >= 0.3 is 0 Å². The van der Waals surface area contributed by atoms with Gasteiger partial charge in [0.15, 0.2) is 5.69 Å². The first-order chi connectivity index (χ1) is 18.4. The van der Waals surface area contributed by atoms with Crippen LogP contribution in [0.1, 0.15) is 67.2 Å². The van der Waals surface area contributed by atoms with Gasteiger partial charge in [0.05, 0.1) is 5.02 Å². The minimum absolute atomic E-state index is 0.0205. The van der Waals surface area contributed by atoms with Crippen LogP contribution < -0.4 is 10.1 Å².